The first-order valence-corrected chi connectivity index (χ1v) is 7.42. The third kappa shape index (κ3) is 3.30. The minimum Gasteiger partial charge on any atom is -0.329 e. The molecular weight excluding hydrogens is 279 g/mol. The number of carbonyl (C=O) groups is 1. The van der Waals surface area contributed by atoms with Gasteiger partial charge in [-0.05, 0) is 31.0 Å². The summed E-state index contributed by atoms with van der Waals surface area (Å²) in [6.07, 6.45) is 5.91. The van der Waals surface area contributed by atoms with E-state index in [1.807, 2.05) is 0 Å². The van der Waals surface area contributed by atoms with Crippen LogP contribution in [0.3, 0.4) is 0 Å². The number of nitrogens with two attached hydrogens (primary N) is 1. The van der Waals surface area contributed by atoms with Gasteiger partial charge in [0.15, 0.2) is 0 Å². The van der Waals surface area contributed by atoms with Crippen molar-refractivity contribution in [2.75, 3.05) is 11.9 Å². The number of carbonyl (C=O) groups excluding carboxylic acids is 1. The molecule has 5 heteroatoms. The van der Waals surface area contributed by atoms with Crippen LogP contribution in [0.1, 0.15) is 38.5 Å². The molecule has 0 heterocycles. The predicted molar refractivity (Wildman–Crippen MR) is 79.2 cm³/mol. The van der Waals surface area contributed by atoms with Crippen molar-refractivity contribution in [1.82, 2.24) is 0 Å². The molecule has 0 radical (unpaired) electrons. The maximum absolute atomic E-state index is 13.4. The van der Waals surface area contributed by atoms with Gasteiger partial charge in [-0.2, -0.15) is 0 Å². The van der Waals surface area contributed by atoms with E-state index in [9.17, 15) is 9.18 Å². The van der Waals surface area contributed by atoms with Crippen LogP contribution in [0.4, 0.5) is 10.1 Å². The Bertz CT molecular complexity index is 485. The second kappa shape index (κ2) is 6.55. The van der Waals surface area contributed by atoms with Gasteiger partial charge >= 0.3 is 0 Å². The monoisotopic (exact) mass is 298 g/mol. The molecule has 0 atom stereocenters. The van der Waals surface area contributed by atoms with Crippen LogP contribution in [0.2, 0.25) is 5.02 Å². The van der Waals surface area contributed by atoms with Crippen LogP contribution in [0.25, 0.3) is 0 Å². The lowest BCUT2D eigenvalue weighted by atomic mass is 9.79. The van der Waals surface area contributed by atoms with Crippen molar-refractivity contribution in [3.8, 4) is 0 Å². The first-order valence-electron chi connectivity index (χ1n) is 7.04. The molecule has 1 fully saturated rings. The molecule has 0 bridgehead atoms. The second-order valence-corrected chi connectivity index (χ2v) is 5.89. The molecule has 0 aromatic heterocycles. The van der Waals surface area contributed by atoms with Crippen LogP contribution in [0, 0.1) is 11.2 Å². The van der Waals surface area contributed by atoms with Crippen molar-refractivity contribution < 1.29 is 9.18 Å². The largest absolute Gasteiger partial charge is 0.329 e. The van der Waals surface area contributed by atoms with Crippen molar-refractivity contribution in [2.24, 2.45) is 11.1 Å². The Labute approximate surface area is 123 Å². The average molecular weight is 299 g/mol. The van der Waals surface area contributed by atoms with E-state index >= 15 is 0 Å². The summed E-state index contributed by atoms with van der Waals surface area (Å²) in [6.45, 7) is 0.328. The highest BCUT2D eigenvalue weighted by Crippen LogP contribution is 2.35. The van der Waals surface area contributed by atoms with Gasteiger partial charge in [0.25, 0.3) is 0 Å². The summed E-state index contributed by atoms with van der Waals surface area (Å²) in [7, 11) is 0. The SMILES string of the molecule is NCC1(C(=O)Nc2ccc(Cl)c(F)c2)CCCCCC1. The van der Waals surface area contributed by atoms with Crippen LogP contribution in [0.15, 0.2) is 18.2 Å². The summed E-state index contributed by atoms with van der Waals surface area (Å²) in [6, 6.07) is 4.28. The number of nitrogens with one attached hydrogen (secondary N) is 1. The van der Waals surface area contributed by atoms with Crippen LogP contribution in [-0.4, -0.2) is 12.5 Å². The molecule has 1 amide bonds. The third-order valence-electron chi connectivity index (χ3n) is 4.11. The topological polar surface area (TPSA) is 55.1 Å². The molecule has 3 N–H and O–H groups in total. The van der Waals surface area contributed by atoms with E-state index in [1.165, 1.54) is 12.1 Å². The van der Waals surface area contributed by atoms with Gasteiger partial charge in [-0.3, -0.25) is 4.79 Å². The highest BCUT2D eigenvalue weighted by Gasteiger charge is 2.37. The number of rotatable bonds is 3. The van der Waals surface area contributed by atoms with E-state index in [0.717, 1.165) is 38.5 Å². The van der Waals surface area contributed by atoms with Gasteiger partial charge < -0.3 is 11.1 Å². The van der Waals surface area contributed by atoms with Crippen molar-refractivity contribution >= 4 is 23.2 Å². The Morgan fingerprint density at radius 3 is 2.50 bits per heavy atom. The molecule has 1 aliphatic rings. The average Bonchev–Trinajstić information content (AvgIpc) is 2.69. The Hall–Kier alpha value is -1.13. The fraction of sp³-hybridized carbons (Fsp3) is 0.533. The molecule has 0 spiro atoms. The molecule has 1 aromatic rings. The molecule has 20 heavy (non-hydrogen) atoms. The van der Waals surface area contributed by atoms with Gasteiger partial charge in [-0.25, -0.2) is 4.39 Å². The fourth-order valence-corrected chi connectivity index (χ4v) is 2.88. The molecule has 1 saturated carbocycles. The lowest BCUT2D eigenvalue weighted by molar-refractivity contribution is -0.125. The van der Waals surface area contributed by atoms with Crippen LogP contribution in [-0.2, 0) is 4.79 Å². The minimum atomic E-state index is -0.535. The summed E-state index contributed by atoms with van der Waals surface area (Å²) in [5.41, 5.74) is 5.76. The zero-order valence-corrected chi connectivity index (χ0v) is 12.2. The summed E-state index contributed by atoms with van der Waals surface area (Å²) in [5.74, 6) is -0.643. The molecular formula is C15H20ClFN2O. The van der Waals surface area contributed by atoms with Gasteiger partial charge in [0.2, 0.25) is 5.91 Å². The van der Waals surface area contributed by atoms with Gasteiger partial charge in [0.05, 0.1) is 10.4 Å². The number of anilines is 1. The van der Waals surface area contributed by atoms with E-state index in [2.05, 4.69) is 5.32 Å². The quantitative estimate of drug-likeness (QED) is 0.836. The van der Waals surface area contributed by atoms with Crippen molar-refractivity contribution in [1.29, 1.82) is 0 Å². The zero-order chi connectivity index (χ0) is 14.6. The predicted octanol–water partition coefficient (Wildman–Crippen LogP) is 3.72. The van der Waals surface area contributed by atoms with Gasteiger partial charge in [-0.15, -0.1) is 0 Å². The lowest BCUT2D eigenvalue weighted by Crippen LogP contribution is -2.42. The first kappa shape index (κ1) is 15.3. The smallest absolute Gasteiger partial charge is 0.231 e. The first-order chi connectivity index (χ1) is 9.57. The number of hydrogen-bond donors (Lipinski definition) is 2. The molecule has 1 aromatic carbocycles. The second-order valence-electron chi connectivity index (χ2n) is 5.48. The molecule has 110 valence electrons. The minimum absolute atomic E-state index is 0.0472. The lowest BCUT2D eigenvalue weighted by Gasteiger charge is -2.29. The van der Waals surface area contributed by atoms with E-state index in [-0.39, 0.29) is 10.9 Å². The van der Waals surface area contributed by atoms with Crippen molar-refractivity contribution in [3.05, 3.63) is 29.0 Å². The highest BCUT2D eigenvalue weighted by molar-refractivity contribution is 6.30. The van der Waals surface area contributed by atoms with E-state index in [0.29, 0.717) is 12.2 Å². The van der Waals surface area contributed by atoms with Crippen LogP contribution in [0.5, 0.6) is 0 Å². The van der Waals surface area contributed by atoms with E-state index in [4.69, 9.17) is 17.3 Å². The normalized spacial score (nSPS) is 18.4. The van der Waals surface area contributed by atoms with Crippen molar-refractivity contribution in [3.63, 3.8) is 0 Å². The molecule has 2 rings (SSSR count). The zero-order valence-electron chi connectivity index (χ0n) is 11.4. The molecule has 0 unspecified atom stereocenters. The summed E-state index contributed by atoms with van der Waals surface area (Å²) in [5, 5.41) is 2.83. The molecule has 0 aliphatic heterocycles. The van der Waals surface area contributed by atoms with Crippen LogP contribution >= 0.6 is 11.6 Å². The number of halogens is 2. The van der Waals surface area contributed by atoms with E-state index < -0.39 is 11.2 Å². The summed E-state index contributed by atoms with van der Waals surface area (Å²) in [4.78, 5) is 12.5. The van der Waals surface area contributed by atoms with Crippen LogP contribution < -0.4 is 11.1 Å². The molecule has 1 aliphatic carbocycles. The van der Waals surface area contributed by atoms with E-state index in [1.54, 1.807) is 6.07 Å². The Kier molecular flexibility index (Phi) is 5.00. The maximum Gasteiger partial charge on any atom is 0.231 e. The number of benzene rings is 1. The Morgan fingerprint density at radius 2 is 1.95 bits per heavy atom. The summed E-state index contributed by atoms with van der Waals surface area (Å²) < 4.78 is 13.4. The summed E-state index contributed by atoms with van der Waals surface area (Å²) >= 11 is 5.63. The highest BCUT2D eigenvalue weighted by atomic mass is 35.5. The number of hydrogen-bond acceptors (Lipinski definition) is 2. The fourth-order valence-electron chi connectivity index (χ4n) is 2.77. The van der Waals surface area contributed by atoms with Gasteiger partial charge in [0.1, 0.15) is 5.82 Å². The molecule has 0 saturated heterocycles. The Morgan fingerprint density at radius 1 is 1.30 bits per heavy atom. The van der Waals surface area contributed by atoms with Gasteiger partial charge in [-0.1, -0.05) is 37.3 Å². The standard InChI is InChI=1S/C15H20ClFN2O/c16-12-6-5-11(9-13(12)17)19-14(20)15(10-18)7-3-1-2-4-8-15/h5-6,9H,1-4,7-8,10,18H2,(H,19,20). The van der Waals surface area contributed by atoms with Gasteiger partial charge in [0, 0.05) is 12.2 Å². The third-order valence-corrected chi connectivity index (χ3v) is 4.42. The molecule has 3 nitrogen and oxygen atoms in total. The van der Waals surface area contributed by atoms with Crippen molar-refractivity contribution in [2.45, 2.75) is 38.5 Å². The maximum atomic E-state index is 13.4. The Balaban J connectivity index is 2.14. The number of amides is 1.